The lowest BCUT2D eigenvalue weighted by molar-refractivity contribution is -0.276. The number of hydrogen-bond acceptors (Lipinski definition) is 11. The fourth-order valence-electron chi connectivity index (χ4n) is 5.83. The van der Waals surface area contributed by atoms with Gasteiger partial charge in [0.15, 0.2) is 5.79 Å². The molecule has 17 nitrogen and oxygen atoms in total. The van der Waals surface area contributed by atoms with Crippen LogP contribution in [0.15, 0.2) is 59.4 Å². The lowest BCUT2D eigenvalue weighted by atomic mass is 9.86. The first-order valence-corrected chi connectivity index (χ1v) is 19.0. The van der Waals surface area contributed by atoms with Crippen LogP contribution in [0.25, 0.3) is 10.9 Å². The Balaban J connectivity index is 1.21. The quantitative estimate of drug-likeness (QED) is 0.0669. The lowest BCUT2D eigenvalue weighted by Crippen LogP contribution is -2.48. The number of nitrogen functional groups attached to an aromatic ring is 1. The molecule has 0 spiro atoms. The molecule has 60 heavy (non-hydrogen) atoms. The van der Waals surface area contributed by atoms with E-state index in [0.717, 1.165) is 17.1 Å². The summed E-state index contributed by atoms with van der Waals surface area (Å²) >= 11 is 0. The van der Waals surface area contributed by atoms with Crippen molar-refractivity contribution in [1.29, 1.82) is 0 Å². The van der Waals surface area contributed by atoms with Gasteiger partial charge < -0.3 is 36.1 Å². The number of anilines is 2. The number of nitrogens with one attached hydrogen (secondary N) is 4. The highest BCUT2D eigenvalue weighted by Gasteiger charge is 2.43. The lowest BCUT2D eigenvalue weighted by Gasteiger charge is -2.41. The van der Waals surface area contributed by atoms with Gasteiger partial charge in [0.25, 0.3) is 23.3 Å². The van der Waals surface area contributed by atoms with Crippen LogP contribution in [0.2, 0.25) is 0 Å². The third kappa shape index (κ3) is 12.7. The van der Waals surface area contributed by atoms with E-state index >= 15 is 0 Å². The maximum Gasteiger partial charge on any atom is 0.471 e. The predicted molar refractivity (Wildman–Crippen MR) is 213 cm³/mol. The molecule has 1 unspecified atom stereocenters. The molecule has 20 heteroatoms. The summed E-state index contributed by atoms with van der Waals surface area (Å²) in [5, 5.41) is 8.26. The van der Waals surface area contributed by atoms with E-state index in [0.29, 0.717) is 4.90 Å². The number of ether oxygens (including phenoxy) is 2. The van der Waals surface area contributed by atoms with Crippen LogP contribution in [0.4, 0.5) is 24.8 Å². The minimum absolute atomic E-state index is 0.0322. The van der Waals surface area contributed by atoms with Gasteiger partial charge in [-0.15, -0.1) is 0 Å². The van der Waals surface area contributed by atoms with Crippen molar-refractivity contribution in [3.63, 3.8) is 0 Å². The molecule has 0 saturated carbocycles. The van der Waals surface area contributed by atoms with Crippen molar-refractivity contribution in [2.75, 3.05) is 43.5 Å². The SMILES string of the molecule is C[C@H](CCC(=O)NCCOC(C)(OCCNC(=O)CCN1C(=O)C=CC1=O)C(C)(C)C)NC(=O)c1ccc(N(Cc2ccc3nc(N)[nH]c(=O)c3c2)C(=O)C(F)(F)F)cc1. The molecule has 0 saturated heterocycles. The Morgan fingerprint density at radius 1 is 0.883 bits per heavy atom. The van der Waals surface area contributed by atoms with E-state index in [1.165, 1.54) is 42.5 Å². The second-order valence-electron chi connectivity index (χ2n) is 15.2. The van der Waals surface area contributed by atoms with E-state index in [1.807, 2.05) is 20.8 Å². The van der Waals surface area contributed by atoms with Gasteiger partial charge in [0.05, 0.1) is 30.7 Å². The number of fused-ring (bicyclic) bond motifs is 1. The van der Waals surface area contributed by atoms with E-state index < -0.39 is 59.2 Å². The molecule has 0 aliphatic carbocycles. The first-order valence-electron chi connectivity index (χ1n) is 19.0. The van der Waals surface area contributed by atoms with Crippen LogP contribution < -0.4 is 32.1 Å². The van der Waals surface area contributed by atoms with Gasteiger partial charge in [-0.3, -0.25) is 43.4 Å². The maximum atomic E-state index is 13.6. The molecule has 324 valence electrons. The topological polar surface area (TPSA) is 235 Å². The molecular weight excluding hydrogens is 793 g/mol. The van der Waals surface area contributed by atoms with Crippen LogP contribution in [0.5, 0.6) is 0 Å². The number of aromatic amines is 1. The number of halogens is 3. The molecule has 3 aromatic rings. The molecule has 2 aromatic carbocycles. The summed E-state index contributed by atoms with van der Waals surface area (Å²) in [4.78, 5) is 93.6. The van der Waals surface area contributed by atoms with Crippen molar-refractivity contribution in [1.82, 2.24) is 30.8 Å². The molecule has 6 amide bonds. The average molecular weight is 843 g/mol. The normalized spacial score (nSPS) is 14.5. The van der Waals surface area contributed by atoms with Crippen molar-refractivity contribution in [2.24, 2.45) is 5.41 Å². The minimum atomic E-state index is -5.22. The molecule has 2 atom stereocenters. The highest BCUT2D eigenvalue weighted by Crippen LogP contribution is 2.34. The zero-order chi connectivity index (χ0) is 44.4. The number of amides is 6. The Labute approximate surface area is 343 Å². The molecule has 1 aromatic heterocycles. The highest BCUT2D eigenvalue weighted by molar-refractivity contribution is 6.13. The summed E-state index contributed by atoms with van der Waals surface area (Å²) in [7, 11) is 0. The van der Waals surface area contributed by atoms with Crippen LogP contribution in [0.1, 0.15) is 69.8 Å². The summed E-state index contributed by atoms with van der Waals surface area (Å²) < 4.78 is 53.0. The Morgan fingerprint density at radius 2 is 1.47 bits per heavy atom. The number of aromatic nitrogens is 2. The van der Waals surface area contributed by atoms with Crippen LogP contribution in [0.3, 0.4) is 0 Å². The monoisotopic (exact) mass is 842 g/mol. The third-order valence-corrected chi connectivity index (χ3v) is 9.67. The van der Waals surface area contributed by atoms with Gasteiger partial charge in [-0.2, -0.15) is 13.2 Å². The summed E-state index contributed by atoms with van der Waals surface area (Å²) in [5.74, 6) is -5.51. The van der Waals surface area contributed by atoms with Gasteiger partial charge in [-0.05, 0) is 62.2 Å². The first-order chi connectivity index (χ1) is 28.1. The van der Waals surface area contributed by atoms with Gasteiger partial charge in [0.1, 0.15) is 0 Å². The van der Waals surface area contributed by atoms with Gasteiger partial charge in [0, 0.05) is 67.3 Å². The van der Waals surface area contributed by atoms with E-state index in [1.54, 1.807) is 13.8 Å². The van der Waals surface area contributed by atoms with E-state index in [-0.39, 0.29) is 97.6 Å². The second kappa shape index (κ2) is 19.7. The van der Waals surface area contributed by atoms with Gasteiger partial charge in [-0.1, -0.05) is 26.8 Å². The number of alkyl halides is 3. The van der Waals surface area contributed by atoms with Crippen LogP contribution in [-0.4, -0.2) is 101 Å². The number of rotatable bonds is 19. The van der Waals surface area contributed by atoms with Crippen molar-refractivity contribution in [2.45, 2.75) is 78.4 Å². The number of carbonyl (C=O) groups excluding carboxylic acids is 6. The van der Waals surface area contributed by atoms with Crippen molar-refractivity contribution < 1.29 is 51.4 Å². The molecule has 0 bridgehead atoms. The number of nitrogens with two attached hydrogens (primary N) is 1. The second-order valence-corrected chi connectivity index (χ2v) is 15.2. The predicted octanol–water partition coefficient (Wildman–Crippen LogP) is 2.84. The fourth-order valence-corrected chi connectivity index (χ4v) is 5.83. The van der Waals surface area contributed by atoms with E-state index in [2.05, 4.69) is 25.9 Å². The maximum absolute atomic E-state index is 13.6. The van der Waals surface area contributed by atoms with Crippen molar-refractivity contribution >= 4 is 58.0 Å². The smallest absolute Gasteiger partial charge is 0.369 e. The molecule has 4 rings (SSSR count). The average Bonchev–Trinajstić information content (AvgIpc) is 3.50. The van der Waals surface area contributed by atoms with E-state index in [9.17, 15) is 46.7 Å². The van der Waals surface area contributed by atoms with Crippen molar-refractivity contribution in [3.05, 3.63) is 76.1 Å². The number of carbonyl (C=O) groups is 6. The highest BCUT2D eigenvalue weighted by atomic mass is 19.4. The molecular formula is C40H49F3N8O9. The zero-order valence-corrected chi connectivity index (χ0v) is 33.9. The number of nitrogens with zero attached hydrogens (tertiary/aromatic N) is 3. The van der Waals surface area contributed by atoms with E-state index in [4.69, 9.17) is 15.2 Å². The zero-order valence-electron chi connectivity index (χ0n) is 33.9. The van der Waals surface area contributed by atoms with Crippen LogP contribution >= 0.6 is 0 Å². The Bertz CT molecular complexity index is 2150. The molecule has 2 heterocycles. The molecule has 1 aliphatic rings. The van der Waals surface area contributed by atoms with Crippen LogP contribution in [0, 0.1) is 5.41 Å². The molecule has 6 N–H and O–H groups in total. The Hall–Kier alpha value is -6.15. The molecule has 0 fully saturated rings. The summed E-state index contributed by atoms with van der Waals surface area (Å²) in [5.41, 5.74) is 4.84. The molecule has 1 aliphatic heterocycles. The standard InChI is InChI=1S/C40H49F3N8O9/c1-24(6-13-30(52)45-17-20-59-39(5,38(2,3)4)60-21-18-46-31(53)16-19-50-32(54)14-15-33(50)55)47-34(56)26-8-10-27(11-9-26)51(36(58)40(41,42)43)23-25-7-12-29-28(22-25)35(57)49-37(44)48-29/h7-12,14-15,22,24H,6,13,16-21,23H2,1-5H3,(H,45,52)(H,46,53)(H,47,56)(H3,44,48,49,57)/t24-,39?/m1/s1. The third-order valence-electron chi connectivity index (χ3n) is 9.67. The molecule has 0 radical (unpaired) electrons. The summed E-state index contributed by atoms with van der Waals surface area (Å²) in [6.07, 6.45) is -2.65. The minimum Gasteiger partial charge on any atom is -0.369 e. The van der Waals surface area contributed by atoms with Crippen LogP contribution in [-0.2, 0) is 40.0 Å². The van der Waals surface area contributed by atoms with Crippen molar-refractivity contribution in [3.8, 4) is 0 Å². The Kier molecular flexibility index (Phi) is 15.3. The van der Waals surface area contributed by atoms with Gasteiger partial charge >= 0.3 is 12.1 Å². The number of H-pyrrole nitrogens is 1. The fraction of sp³-hybridized carbons (Fsp3) is 0.450. The van der Waals surface area contributed by atoms with Gasteiger partial charge in [-0.25, -0.2) is 4.98 Å². The summed E-state index contributed by atoms with van der Waals surface area (Å²) in [6.45, 7) is 9.08. The largest absolute Gasteiger partial charge is 0.471 e. The van der Waals surface area contributed by atoms with Gasteiger partial charge in [0.2, 0.25) is 17.8 Å². The first kappa shape index (κ1) is 46.5. The number of hydrogen-bond donors (Lipinski definition) is 5. The Morgan fingerprint density at radius 3 is 2.03 bits per heavy atom. The summed E-state index contributed by atoms with van der Waals surface area (Å²) in [6, 6.07) is 8.62. The number of imide groups is 1. The number of benzene rings is 2.